The molecule has 16 heavy (non-hydrogen) atoms. The lowest BCUT2D eigenvalue weighted by Crippen LogP contribution is -2.40. The number of methoxy groups -OCH3 is 1. The van der Waals surface area contributed by atoms with Gasteiger partial charge in [-0.2, -0.15) is 11.8 Å². The van der Waals surface area contributed by atoms with Crippen molar-refractivity contribution < 1.29 is 4.74 Å². The first kappa shape index (κ1) is 11.6. The second kappa shape index (κ2) is 5.46. The molecule has 1 aliphatic rings. The number of ether oxygens (including phenoxy) is 1. The molecule has 0 radical (unpaired) electrons. The van der Waals surface area contributed by atoms with Crippen LogP contribution in [0.15, 0.2) is 24.3 Å². The Morgan fingerprint density at radius 1 is 1.44 bits per heavy atom. The zero-order valence-electron chi connectivity index (χ0n) is 9.56. The van der Waals surface area contributed by atoms with E-state index in [-0.39, 0.29) is 0 Å². The lowest BCUT2D eigenvalue weighted by molar-refractivity contribution is 0.415. The molecule has 2 N–H and O–H groups in total. The molecule has 0 aliphatic carbocycles. The summed E-state index contributed by atoms with van der Waals surface area (Å²) in [6.45, 7) is 2.91. The van der Waals surface area contributed by atoms with Crippen molar-refractivity contribution in [2.45, 2.75) is 5.25 Å². The highest BCUT2D eigenvalue weighted by Gasteiger charge is 2.19. The Kier molecular flexibility index (Phi) is 3.96. The second-order valence-electron chi connectivity index (χ2n) is 3.87. The summed E-state index contributed by atoms with van der Waals surface area (Å²) in [6, 6.07) is 8.24. The van der Waals surface area contributed by atoms with E-state index in [2.05, 4.69) is 17.0 Å². The monoisotopic (exact) mass is 238 g/mol. The molecule has 0 saturated carbocycles. The number of anilines is 1. The summed E-state index contributed by atoms with van der Waals surface area (Å²) in [5.41, 5.74) is 6.99. The van der Waals surface area contributed by atoms with Crippen molar-refractivity contribution in [3.05, 3.63) is 24.3 Å². The van der Waals surface area contributed by atoms with Crippen LogP contribution in [0, 0.1) is 0 Å². The average molecular weight is 238 g/mol. The molecule has 4 heteroatoms. The van der Waals surface area contributed by atoms with Gasteiger partial charge >= 0.3 is 0 Å². The van der Waals surface area contributed by atoms with Crippen molar-refractivity contribution in [1.29, 1.82) is 0 Å². The minimum Gasteiger partial charge on any atom is -0.497 e. The van der Waals surface area contributed by atoms with Crippen LogP contribution in [0.4, 0.5) is 5.69 Å². The summed E-state index contributed by atoms with van der Waals surface area (Å²) >= 11 is 1.98. The van der Waals surface area contributed by atoms with E-state index in [1.165, 1.54) is 5.69 Å². The van der Waals surface area contributed by atoms with Gasteiger partial charge in [0, 0.05) is 36.3 Å². The Morgan fingerprint density at radius 3 is 2.81 bits per heavy atom. The molecule has 1 aliphatic heterocycles. The molecular weight excluding hydrogens is 220 g/mol. The van der Waals surface area contributed by atoms with Crippen LogP contribution in [0.5, 0.6) is 5.75 Å². The van der Waals surface area contributed by atoms with Crippen LogP contribution in [-0.4, -0.2) is 37.7 Å². The fourth-order valence-electron chi connectivity index (χ4n) is 1.89. The standard InChI is InChI=1S/C12H18N2OS/c1-15-11-4-2-10(3-5-11)14-6-7-16-12(8-13)9-14/h2-5,12H,6-9,13H2,1H3. The van der Waals surface area contributed by atoms with Gasteiger partial charge in [0.15, 0.2) is 0 Å². The minimum atomic E-state index is 0.566. The molecule has 0 bridgehead atoms. The third-order valence-electron chi connectivity index (χ3n) is 2.84. The summed E-state index contributed by atoms with van der Waals surface area (Å²) in [7, 11) is 1.69. The van der Waals surface area contributed by atoms with Gasteiger partial charge in [0.2, 0.25) is 0 Å². The topological polar surface area (TPSA) is 38.5 Å². The second-order valence-corrected chi connectivity index (χ2v) is 5.28. The fourth-order valence-corrected chi connectivity index (χ4v) is 2.97. The van der Waals surface area contributed by atoms with Crippen LogP contribution >= 0.6 is 11.8 Å². The lowest BCUT2D eigenvalue weighted by Gasteiger charge is -2.33. The van der Waals surface area contributed by atoms with Crippen molar-refractivity contribution >= 4 is 17.4 Å². The van der Waals surface area contributed by atoms with Crippen LogP contribution in [-0.2, 0) is 0 Å². The lowest BCUT2D eigenvalue weighted by atomic mass is 10.2. The molecule has 3 nitrogen and oxygen atoms in total. The summed E-state index contributed by atoms with van der Waals surface area (Å²) in [5, 5.41) is 0.566. The zero-order chi connectivity index (χ0) is 11.4. The molecule has 1 heterocycles. The van der Waals surface area contributed by atoms with Crippen molar-refractivity contribution in [3.63, 3.8) is 0 Å². The summed E-state index contributed by atoms with van der Waals surface area (Å²) in [4.78, 5) is 2.40. The molecule has 1 unspecified atom stereocenters. The maximum Gasteiger partial charge on any atom is 0.119 e. The maximum atomic E-state index is 5.72. The van der Waals surface area contributed by atoms with Crippen LogP contribution < -0.4 is 15.4 Å². The largest absolute Gasteiger partial charge is 0.497 e. The first-order chi connectivity index (χ1) is 7.83. The van der Waals surface area contributed by atoms with E-state index in [1.807, 2.05) is 23.9 Å². The van der Waals surface area contributed by atoms with E-state index in [0.717, 1.165) is 31.1 Å². The first-order valence-corrected chi connectivity index (χ1v) is 6.59. The van der Waals surface area contributed by atoms with Gasteiger partial charge in [-0.3, -0.25) is 0 Å². The van der Waals surface area contributed by atoms with Gasteiger partial charge in [0.1, 0.15) is 5.75 Å². The van der Waals surface area contributed by atoms with E-state index < -0.39 is 0 Å². The Bertz CT molecular complexity index is 328. The normalized spacial score (nSPS) is 20.9. The predicted octanol–water partition coefficient (Wildman–Crippen LogP) is 1.58. The van der Waals surface area contributed by atoms with Crippen LogP contribution in [0.2, 0.25) is 0 Å². The molecule has 0 amide bonds. The smallest absolute Gasteiger partial charge is 0.119 e. The molecule has 1 atom stereocenters. The van der Waals surface area contributed by atoms with Crippen molar-refractivity contribution in [3.8, 4) is 5.75 Å². The van der Waals surface area contributed by atoms with E-state index in [0.29, 0.717) is 5.25 Å². The molecule has 1 saturated heterocycles. The molecule has 1 aromatic carbocycles. The SMILES string of the molecule is COc1ccc(N2CCSC(CN)C2)cc1. The Morgan fingerprint density at radius 2 is 2.19 bits per heavy atom. The fraction of sp³-hybridized carbons (Fsp3) is 0.500. The summed E-state index contributed by atoms with van der Waals surface area (Å²) in [6.07, 6.45) is 0. The van der Waals surface area contributed by atoms with Gasteiger partial charge in [-0.05, 0) is 24.3 Å². The number of hydrogen-bond acceptors (Lipinski definition) is 4. The third kappa shape index (κ3) is 2.62. The highest BCUT2D eigenvalue weighted by molar-refractivity contribution is 8.00. The summed E-state index contributed by atoms with van der Waals surface area (Å²) < 4.78 is 5.16. The Hall–Kier alpha value is -0.870. The van der Waals surface area contributed by atoms with E-state index in [1.54, 1.807) is 7.11 Å². The van der Waals surface area contributed by atoms with E-state index >= 15 is 0 Å². The Balaban J connectivity index is 2.05. The quantitative estimate of drug-likeness (QED) is 0.867. The first-order valence-electron chi connectivity index (χ1n) is 5.54. The van der Waals surface area contributed by atoms with Crippen LogP contribution in [0.25, 0.3) is 0 Å². The summed E-state index contributed by atoms with van der Waals surface area (Å²) in [5.74, 6) is 2.07. The van der Waals surface area contributed by atoms with E-state index in [4.69, 9.17) is 10.5 Å². The number of nitrogens with two attached hydrogens (primary N) is 1. The number of nitrogens with zero attached hydrogens (tertiary/aromatic N) is 1. The van der Waals surface area contributed by atoms with Gasteiger partial charge in [-0.15, -0.1) is 0 Å². The third-order valence-corrected chi connectivity index (χ3v) is 4.07. The van der Waals surface area contributed by atoms with Crippen molar-refractivity contribution in [2.24, 2.45) is 5.73 Å². The van der Waals surface area contributed by atoms with E-state index in [9.17, 15) is 0 Å². The Labute approximate surface area is 101 Å². The molecule has 88 valence electrons. The number of hydrogen-bond donors (Lipinski definition) is 1. The van der Waals surface area contributed by atoms with Gasteiger partial charge in [0.05, 0.1) is 7.11 Å². The zero-order valence-corrected chi connectivity index (χ0v) is 10.4. The minimum absolute atomic E-state index is 0.566. The predicted molar refractivity (Wildman–Crippen MR) is 70.5 cm³/mol. The van der Waals surface area contributed by atoms with Gasteiger partial charge in [-0.1, -0.05) is 0 Å². The molecule has 0 aromatic heterocycles. The van der Waals surface area contributed by atoms with Gasteiger partial charge in [-0.25, -0.2) is 0 Å². The molecule has 1 fully saturated rings. The number of benzene rings is 1. The van der Waals surface area contributed by atoms with Crippen molar-refractivity contribution in [2.75, 3.05) is 37.4 Å². The number of thioether (sulfide) groups is 1. The number of rotatable bonds is 3. The molecular formula is C12H18N2OS. The van der Waals surface area contributed by atoms with Crippen LogP contribution in [0.3, 0.4) is 0 Å². The van der Waals surface area contributed by atoms with Gasteiger partial charge in [0.25, 0.3) is 0 Å². The highest BCUT2D eigenvalue weighted by atomic mass is 32.2. The molecule has 0 spiro atoms. The van der Waals surface area contributed by atoms with Crippen molar-refractivity contribution in [1.82, 2.24) is 0 Å². The molecule has 1 aromatic rings. The van der Waals surface area contributed by atoms with Crippen LogP contribution in [0.1, 0.15) is 0 Å². The maximum absolute atomic E-state index is 5.72. The molecule has 2 rings (SSSR count). The van der Waals surface area contributed by atoms with Gasteiger partial charge < -0.3 is 15.4 Å². The average Bonchev–Trinajstić information content (AvgIpc) is 2.39. The highest BCUT2D eigenvalue weighted by Crippen LogP contribution is 2.25.